The number of aromatic hydroxyl groups is 1. The van der Waals surface area contributed by atoms with Gasteiger partial charge in [-0.1, -0.05) is 23.2 Å². The molecule has 3 heterocycles. The van der Waals surface area contributed by atoms with Crippen molar-refractivity contribution in [1.29, 1.82) is 0 Å². The summed E-state index contributed by atoms with van der Waals surface area (Å²) in [5.74, 6) is -2.59. The molecule has 1 fully saturated rings. The minimum atomic E-state index is -4.67. The van der Waals surface area contributed by atoms with Crippen molar-refractivity contribution in [1.82, 2.24) is 19.1 Å². The smallest absolute Gasteiger partial charge is 0.486 e. The fourth-order valence-corrected chi connectivity index (χ4v) is 4.77. The van der Waals surface area contributed by atoms with Crippen LogP contribution in [0.1, 0.15) is 23.2 Å². The van der Waals surface area contributed by atoms with Gasteiger partial charge in [-0.15, -0.1) is 0 Å². The molecular formula is C25H20Cl2F3N7O4. The maximum atomic E-state index is 13.6. The number of hydrogen-bond donors (Lipinski definition) is 3. The van der Waals surface area contributed by atoms with Gasteiger partial charge in [0.2, 0.25) is 5.91 Å². The van der Waals surface area contributed by atoms with E-state index in [4.69, 9.17) is 28.9 Å². The molecule has 2 amide bonds. The molecule has 1 aliphatic carbocycles. The molecule has 0 aliphatic heterocycles. The highest BCUT2D eigenvalue weighted by Gasteiger charge is 2.47. The fraction of sp³-hybridized carbons (Fsp3) is 0.240. The third-order valence-electron chi connectivity index (χ3n) is 6.44. The minimum Gasteiger partial charge on any atom is -0.506 e. The van der Waals surface area contributed by atoms with E-state index >= 15 is 0 Å². The Balaban J connectivity index is 1.51. The molecule has 1 aromatic carbocycles. The van der Waals surface area contributed by atoms with Crippen LogP contribution in [0.3, 0.4) is 0 Å². The van der Waals surface area contributed by atoms with Crippen LogP contribution >= 0.6 is 23.2 Å². The van der Waals surface area contributed by atoms with E-state index in [9.17, 15) is 32.7 Å². The van der Waals surface area contributed by atoms with E-state index in [2.05, 4.69) is 15.3 Å². The summed E-state index contributed by atoms with van der Waals surface area (Å²) in [7, 11) is 1.47. The van der Waals surface area contributed by atoms with Crippen molar-refractivity contribution in [3.05, 3.63) is 62.9 Å². The molecule has 3 aromatic heterocycles. The van der Waals surface area contributed by atoms with Gasteiger partial charge >= 0.3 is 6.30 Å². The number of rotatable bonds is 7. The Morgan fingerprint density at radius 1 is 1.20 bits per heavy atom. The number of carbonyl (C=O) groups is 2. The Kier molecular flexibility index (Phi) is 7.07. The number of pyridine rings is 1. The molecule has 0 spiro atoms. The zero-order chi connectivity index (χ0) is 29.8. The number of phenols is 1. The zero-order valence-electron chi connectivity index (χ0n) is 21.0. The molecule has 5 rings (SSSR count). The lowest BCUT2D eigenvalue weighted by Crippen LogP contribution is -2.40. The number of benzene rings is 1. The van der Waals surface area contributed by atoms with Crippen LogP contribution in [-0.4, -0.2) is 48.4 Å². The lowest BCUT2D eigenvalue weighted by molar-refractivity contribution is -0.131. The predicted octanol–water partition coefficient (Wildman–Crippen LogP) is 4.04. The minimum absolute atomic E-state index is 0.0782. The summed E-state index contributed by atoms with van der Waals surface area (Å²) < 4.78 is 43.4. The van der Waals surface area contributed by atoms with Crippen molar-refractivity contribution in [2.45, 2.75) is 31.7 Å². The molecule has 1 saturated carbocycles. The summed E-state index contributed by atoms with van der Waals surface area (Å²) in [4.78, 5) is 46.3. The molecule has 0 radical (unpaired) electrons. The molecule has 4 N–H and O–H groups in total. The average molecular weight is 610 g/mol. The van der Waals surface area contributed by atoms with E-state index < -0.39 is 47.8 Å². The fourth-order valence-electron chi connectivity index (χ4n) is 4.40. The van der Waals surface area contributed by atoms with Gasteiger partial charge in [0.15, 0.2) is 0 Å². The van der Waals surface area contributed by atoms with E-state index in [-0.39, 0.29) is 48.4 Å². The standard InChI is InChI=1S/C25H20Cl2F3N7O4/c1-35-10-33-23-20(24(35)41)14(11-4-13(22(31)40)21(39)15(26)5-11)8-36(23)9-19(38)34-17-6-18(32-7-16(17)27)37(12-2-3-12)25(28,29)30/h4-8,10,12,39H,2-3,9H2,1H3,(H2,31,40)(H,32,34,38). The highest BCUT2D eigenvalue weighted by atomic mass is 35.5. The van der Waals surface area contributed by atoms with Gasteiger partial charge < -0.3 is 25.3 Å². The number of amides is 2. The SMILES string of the molecule is Cn1cnc2c(c(-c3cc(Cl)c(O)c(C(N)=O)c3)cn2CC(=O)Nc2cc(N(C3CC3)C(F)(F)F)ncc2Cl)c1=O. The van der Waals surface area contributed by atoms with Crippen LogP contribution in [0.25, 0.3) is 22.2 Å². The van der Waals surface area contributed by atoms with E-state index in [1.807, 2.05) is 0 Å². The molecule has 16 heteroatoms. The molecule has 0 bridgehead atoms. The van der Waals surface area contributed by atoms with E-state index in [0.29, 0.717) is 12.8 Å². The predicted molar refractivity (Wildman–Crippen MR) is 145 cm³/mol. The largest absolute Gasteiger partial charge is 0.506 e. The molecule has 1 aliphatic rings. The maximum Gasteiger partial charge on any atom is 0.486 e. The van der Waals surface area contributed by atoms with Crippen molar-refractivity contribution in [3.63, 3.8) is 0 Å². The summed E-state index contributed by atoms with van der Waals surface area (Å²) in [6, 6.07) is 2.87. The molecule has 214 valence electrons. The van der Waals surface area contributed by atoms with Crippen LogP contribution in [0.15, 0.2) is 41.7 Å². The normalized spacial score (nSPS) is 13.4. The highest BCUT2D eigenvalue weighted by molar-refractivity contribution is 6.34. The van der Waals surface area contributed by atoms with Gasteiger partial charge in [0.25, 0.3) is 11.5 Å². The van der Waals surface area contributed by atoms with Crippen molar-refractivity contribution in [2.24, 2.45) is 12.8 Å². The number of aromatic nitrogens is 4. The van der Waals surface area contributed by atoms with Gasteiger partial charge in [0.05, 0.1) is 39.2 Å². The van der Waals surface area contributed by atoms with Gasteiger partial charge in [0, 0.05) is 30.9 Å². The third-order valence-corrected chi connectivity index (χ3v) is 7.03. The Bertz CT molecular complexity index is 1780. The first-order valence-electron chi connectivity index (χ1n) is 11.9. The second kappa shape index (κ2) is 10.3. The second-order valence-electron chi connectivity index (χ2n) is 9.39. The van der Waals surface area contributed by atoms with Crippen LogP contribution < -0.4 is 21.5 Å². The van der Waals surface area contributed by atoms with E-state index in [1.165, 1.54) is 40.8 Å². The first kappa shape index (κ1) is 28.2. The number of fused-ring (bicyclic) bond motifs is 1. The van der Waals surface area contributed by atoms with Crippen molar-refractivity contribution < 1.29 is 27.9 Å². The highest BCUT2D eigenvalue weighted by Crippen LogP contribution is 2.40. The Hall–Kier alpha value is -4.30. The topological polar surface area (TPSA) is 148 Å². The third kappa shape index (κ3) is 5.39. The van der Waals surface area contributed by atoms with Crippen LogP contribution in [-0.2, 0) is 18.4 Å². The van der Waals surface area contributed by atoms with Gasteiger partial charge in [0.1, 0.15) is 23.8 Å². The summed E-state index contributed by atoms with van der Waals surface area (Å²) in [5, 5.41) is 12.4. The average Bonchev–Trinajstić information content (AvgIpc) is 3.64. The van der Waals surface area contributed by atoms with Crippen molar-refractivity contribution in [3.8, 4) is 16.9 Å². The van der Waals surface area contributed by atoms with Gasteiger partial charge in [-0.3, -0.25) is 19.3 Å². The number of hydrogen-bond acceptors (Lipinski definition) is 7. The number of anilines is 2. The maximum absolute atomic E-state index is 13.6. The van der Waals surface area contributed by atoms with Crippen LogP contribution in [0, 0.1) is 0 Å². The first-order valence-corrected chi connectivity index (χ1v) is 12.7. The molecule has 41 heavy (non-hydrogen) atoms. The lowest BCUT2D eigenvalue weighted by atomic mass is 10.0. The number of nitrogens with one attached hydrogen (secondary N) is 1. The van der Waals surface area contributed by atoms with Crippen molar-refractivity contribution >= 4 is 57.6 Å². The van der Waals surface area contributed by atoms with Crippen LogP contribution in [0.5, 0.6) is 5.75 Å². The molecular weight excluding hydrogens is 590 g/mol. The molecule has 4 aromatic rings. The number of halogens is 5. The number of nitrogens with two attached hydrogens (primary N) is 1. The monoisotopic (exact) mass is 609 g/mol. The van der Waals surface area contributed by atoms with E-state index in [1.54, 1.807) is 0 Å². The Morgan fingerprint density at radius 2 is 1.90 bits per heavy atom. The van der Waals surface area contributed by atoms with Crippen LogP contribution in [0.4, 0.5) is 24.7 Å². The summed E-state index contributed by atoms with van der Waals surface area (Å²) in [6.45, 7) is -0.426. The van der Waals surface area contributed by atoms with Gasteiger partial charge in [-0.25, -0.2) is 9.97 Å². The Morgan fingerprint density at radius 3 is 2.54 bits per heavy atom. The number of alkyl halides is 3. The van der Waals surface area contributed by atoms with Crippen LogP contribution in [0.2, 0.25) is 10.0 Å². The Labute approximate surface area is 238 Å². The molecule has 0 saturated heterocycles. The number of primary amides is 1. The first-order chi connectivity index (χ1) is 19.3. The molecule has 11 nitrogen and oxygen atoms in total. The van der Waals surface area contributed by atoms with Gasteiger partial charge in [-0.05, 0) is 30.5 Å². The summed E-state index contributed by atoms with van der Waals surface area (Å²) >= 11 is 12.2. The molecule has 0 atom stereocenters. The van der Waals surface area contributed by atoms with E-state index in [0.717, 1.165) is 12.3 Å². The summed E-state index contributed by atoms with van der Waals surface area (Å²) in [6.07, 6.45) is -0.274. The zero-order valence-corrected chi connectivity index (χ0v) is 22.5. The number of carbonyl (C=O) groups excluding carboxylic acids is 2. The van der Waals surface area contributed by atoms with Crippen molar-refractivity contribution in [2.75, 3.05) is 10.2 Å². The number of nitrogens with zero attached hydrogens (tertiary/aromatic N) is 5. The lowest BCUT2D eigenvalue weighted by Gasteiger charge is -2.26. The molecule has 0 unspecified atom stereocenters. The van der Waals surface area contributed by atoms with Gasteiger partial charge in [-0.2, -0.15) is 13.2 Å². The number of aryl methyl sites for hydroxylation is 1. The summed E-state index contributed by atoms with van der Waals surface area (Å²) in [5.41, 5.74) is 5.07. The quantitative estimate of drug-likeness (QED) is 0.268. The second-order valence-corrected chi connectivity index (χ2v) is 10.2.